The largest absolute Gasteiger partial charge is 0.469 e. The number of furan rings is 1. The standard InChI is InChI=1S/C18H18ClNO3S.C17H22N2O3.C8H11N3O3S/c1-11-14(8-9-22-11)17(24)20-12-6-7-16(19)15(10-12)18(21)23-13-4-2-3-5-13;1-4-22-11-19-14(10-13-8-6-5-7-9-13)15(12(2)3)16(20)18-17(19)21;9-5-1-2-11(8(13)10-5)6-4-15-7(3-12)14-6/h6-10,13H,2-5H2,1H3,(H,20,24);5-9,12H,4,10-11H2,1-3H3,(H,18,20,21);1-2,6-7,12H,3-4H2,(H2,9,10,13)/t;;6-,7-/m..1/s1. The van der Waals surface area contributed by atoms with Gasteiger partial charge in [0.2, 0.25) is 0 Å². The Balaban J connectivity index is 0.000000178. The molecule has 0 spiro atoms. The highest BCUT2D eigenvalue weighted by atomic mass is 35.5. The summed E-state index contributed by atoms with van der Waals surface area (Å²) < 4.78 is 24.5. The Bertz CT molecular complexity index is 2430. The van der Waals surface area contributed by atoms with Gasteiger partial charge in [-0.1, -0.05) is 68.0 Å². The predicted molar refractivity (Wildman–Crippen MR) is 241 cm³/mol. The Morgan fingerprint density at radius 1 is 1.11 bits per heavy atom. The second-order valence-corrected chi connectivity index (χ2v) is 16.4. The van der Waals surface area contributed by atoms with Gasteiger partial charge in [0.05, 0.1) is 29.0 Å². The molecule has 4 heterocycles. The van der Waals surface area contributed by atoms with E-state index in [4.69, 9.17) is 53.3 Å². The minimum atomic E-state index is -0.431. The number of thioether (sulfide) groups is 1. The number of rotatable bonds is 12. The minimum absolute atomic E-state index is 0.000150. The zero-order chi connectivity index (χ0) is 44.1. The summed E-state index contributed by atoms with van der Waals surface area (Å²) in [7, 11) is 0. The number of halogens is 1. The van der Waals surface area contributed by atoms with Crippen molar-refractivity contribution in [2.75, 3.05) is 30.0 Å². The van der Waals surface area contributed by atoms with Gasteiger partial charge in [-0.05, 0) is 81.3 Å². The van der Waals surface area contributed by atoms with E-state index in [2.05, 4.69) is 15.3 Å². The van der Waals surface area contributed by atoms with Crippen LogP contribution in [0.3, 0.4) is 0 Å². The number of H-pyrrole nitrogens is 1. The maximum atomic E-state index is 12.4. The number of nitrogens with two attached hydrogens (primary N) is 1. The molecule has 2 aromatic carbocycles. The summed E-state index contributed by atoms with van der Waals surface area (Å²) in [5, 5.41) is 12.4. The van der Waals surface area contributed by atoms with E-state index in [1.165, 1.54) is 20.9 Å². The van der Waals surface area contributed by atoms with Gasteiger partial charge in [-0.2, -0.15) is 4.98 Å². The third-order valence-electron chi connectivity index (χ3n) is 9.73. The second kappa shape index (κ2) is 22.7. The van der Waals surface area contributed by atoms with Crippen LogP contribution < -0.4 is 28.0 Å². The van der Waals surface area contributed by atoms with Crippen molar-refractivity contribution in [2.24, 2.45) is 0 Å². The number of carbonyl (C=O) groups is 1. The summed E-state index contributed by atoms with van der Waals surface area (Å²) in [6.07, 6.45) is 7.35. The molecule has 0 radical (unpaired) electrons. The normalized spacial score (nSPS) is 16.0. The van der Waals surface area contributed by atoms with Gasteiger partial charge < -0.3 is 34.8 Å². The van der Waals surface area contributed by atoms with E-state index < -0.39 is 11.4 Å². The molecule has 5 N–H and O–H groups in total. The van der Waals surface area contributed by atoms with Gasteiger partial charge >= 0.3 is 17.3 Å². The van der Waals surface area contributed by atoms with Crippen molar-refractivity contribution in [1.29, 1.82) is 0 Å². The molecule has 61 heavy (non-hydrogen) atoms. The van der Waals surface area contributed by atoms with Crippen LogP contribution in [0.5, 0.6) is 0 Å². The van der Waals surface area contributed by atoms with E-state index in [1.54, 1.807) is 42.8 Å². The highest BCUT2D eigenvalue weighted by molar-refractivity contribution is 8.00. The second-order valence-electron chi connectivity index (χ2n) is 14.4. The molecule has 2 aliphatic rings. The molecule has 326 valence electrons. The Kier molecular flexibility index (Phi) is 17.5. The summed E-state index contributed by atoms with van der Waals surface area (Å²) in [6.45, 7) is 8.22. The maximum absolute atomic E-state index is 12.4. The number of ether oxygens (including phenoxy) is 3. The number of anilines is 2. The number of nitrogen functional groups attached to an aromatic ring is 1. The van der Waals surface area contributed by atoms with Crippen LogP contribution in [0.2, 0.25) is 5.02 Å². The van der Waals surface area contributed by atoms with Gasteiger partial charge in [0.25, 0.3) is 5.56 Å². The molecule has 18 heteroatoms. The first-order valence-electron chi connectivity index (χ1n) is 19.9. The van der Waals surface area contributed by atoms with Gasteiger partial charge in [-0.3, -0.25) is 18.9 Å². The predicted octanol–water partition coefficient (Wildman–Crippen LogP) is 6.78. The fourth-order valence-corrected chi connectivity index (χ4v) is 8.11. The SMILES string of the molecule is CCOCn1c(Cc2ccccc2)c(C(C)C)c(=O)[nH]c1=O.Cc1occc1C(=S)Nc1ccc(Cl)c(C(=O)OC2CCCC2)c1.Nc1ccn([C@H]2CS[C@H](CO)O2)c(=O)n1. The van der Waals surface area contributed by atoms with Gasteiger partial charge in [-0.25, -0.2) is 14.4 Å². The van der Waals surface area contributed by atoms with Crippen molar-refractivity contribution in [3.63, 3.8) is 0 Å². The smallest absolute Gasteiger partial charge is 0.351 e. The van der Waals surface area contributed by atoms with Crippen LogP contribution in [-0.4, -0.2) is 65.7 Å². The fourth-order valence-electron chi connectivity index (χ4n) is 6.65. The first kappa shape index (κ1) is 47.0. The number of esters is 1. The molecule has 0 amide bonds. The molecular formula is C43H51ClN6O9S2. The van der Waals surface area contributed by atoms with Crippen LogP contribution in [0.4, 0.5) is 11.5 Å². The van der Waals surface area contributed by atoms with Crippen LogP contribution in [0.1, 0.15) is 97.1 Å². The summed E-state index contributed by atoms with van der Waals surface area (Å²) in [5.41, 5.74) is 8.21. The van der Waals surface area contributed by atoms with Crippen molar-refractivity contribution >= 4 is 58.0 Å². The van der Waals surface area contributed by atoms with E-state index >= 15 is 0 Å². The molecule has 1 aliphatic carbocycles. The van der Waals surface area contributed by atoms with Crippen molar-refractivity contribution in [2.45, 2.75) is 90.2 Å². The number of thiocarbonyl (C=S) groups is 1. The molecule has 3 aromatic heterocycles. The molecule has 1 saturated carbocycles. The Morgan fingerprint density at radius 2 is 1.85 bits per heavy atom. The Hall–Kier alpha value is -5.04. The first-order chi connectivity index (χ1) is 29.3. The monoisotopic (exact) mass is 894 g/mol. The van der Waals surface area contributed by atoms with E-state index in [0.29, 0.717) is 45.6 Å². The summed E-state index contributed by atoms with van der Waals surface area (Å²) in [4.78, 5) is 54.7. The number of aromatic amines is 1. The van der Waals surface area contributed by atoms with E-state index in [-0.39, 0.29) is 54.4 Å². The van der Waals surface area contributed by atoms with Crippen LogP contribution in [0.25, 0.3) is 0 Å². The zero-order valence-electron chi connectivity index (χ0n) is 34.4. The number of aromatic nitrogens is 4. The van der Waals surface area contributed by atoms with Gasteiger partial charge in [0, 0.05) is 41.9 Å². The molecule has 0 bridgehead atoms. The highest BCUT2D eigenvalue weighted by Gasteiger charge is 2.27. The van der Waals surface area contributed by atoms with Crippen LogP contribution >= 0.6 is 35.6 Å². The molecule has 7 rings (SSSR count). The number of aliphatic hydroxyl groups excluding tert-OH is 1. The highest BCUT2D eigenvalue weighted by Crippen LogP contribution is 2.30. The third-order valence-corrected chi connectivity index (χ3v) is 11.5. The third kappa shape index (κ3) is 13.0. The van der Waals surface area contributed by atoms with Crippen LogP contribution in [-0.2, 0) is 27.4 Å². The summed E-state index contributed by atoms with van der Waals surface area (Å²) >= 11 is 13.0. The van der Waals surface area contributed by atoms with Crippen LogP contribution in [0, 0.1) is 6.92 Å². The van der Waals surface area contributed by atoms with E-state index in [1.807, 2.05) is 58.0 Å². The zero-order valence-corrected chi connectivity index (χ0v) is 36.8. The average molecular weight is 896 g/mol. The number of hydrogen-bond acceptors (Lipinski definition) is 13. The number of aryl methyl sites for hydroxylation is 1. The van der Waals surface area contributed by atoms with Gasteiger partial charge in [-0.15, -0.1) is 11.8 Å². The minimum Gasteiger partial charge on any atom is -0.469 e. The van der Waals surface area contributed by atoms with Gasteiger partial charge in [0.1, 0.15) is 41.1 Å². The van der Waals surface area contributed by atoms with Crippen molar-refractivity contribution in [3.8, 4) is 0 Å². The van der Waals surface area contributed by atoms with Crippen molar-refractivity contribution in [3.05, 3.63) is 143 Å². The lowest BCUT2D eigenvalue weighted by molar-refractivity contribution is -0.00629. The quantitative estimate of drug-likeness (QED) is 0.0753. The molecular weight excluding hydrogens is 844 g/mol. The van der Waals surface area contributed by atoms with E-state index in [0.717, 1.165) is 48.3 Å². The summed E-state index contributed by atoms with van der Waals surface area (Å²) in [5.74, 6) is 1.19. The number of carbonyl (C=O) groups excluding carboxylic acids is 1. The molecule has 2 atom stereocenters. The molecule has 0 unspecified atom stereocenters. The van der Waals surface area contributed by atoms with Crippen molar-refractivity contribution in [1.82, 2.24) is 19.1 Å². The topological polar surface area (TPSA) is 206 Å². The maximum Gasteiger partial charge on any atom is 0.351 e. The lowest BCUT2D eigenvalue weighted by Crippen LogP contribution is -2.36. The molecule has 2 fully saturated rings. The van der Waals surface area contributed by atoms with Gasteiger partial charge in [0.15, 0.2) is 0 Å². The Morgan fingerprint density at radius 3 is 2.48 bits per heavy atom. The lowest BCUT2D eigenvalue weighted by Gasteiger charge is -2.18. The first-order valence-corrected chi connectivity index (χ1v) is 21.7. The molecule has 1 saturated heterocycles. The number of nitrogens with zero attached hydrogens (tertiary/aromatic N) is 3. The van der Waals surface area contributed by atoms with Crippen LogP contribution in [0.15, 0.2) is 91.9 Å². The van der Waals surface area contributed by atoms with Crippen molar-refractivity contribution < 1.29 is 28.5 Å². The molecule has 15 nitrogen and oxygen atoms in total. The molecule has 5 aromatic rings. The lowest BCUT2D eigenvalue weighted by atomic mass is 9.98. The number of benzene rings is 2. The van der Waals surface area contributed by atoms with E-state index in [9.17, 15) is 19.2 Å². The number of aliphatic hydroxyl groups is 1. The fraction of sp³-hybridized carbons (Fsp3) is 0.395. The molecule has 1 aliphatic heterocycles. The average Bonchev–Trinajstić information content (AvgIpc) is 4.02. The Labute approximate surface area is 367 Å². The number of nitrogens with one attached hydrogen (secondary N) is 2. The summed E-state index contributed by atoms with van der Waals surface area (Å²) in [6, 6.07) is 18.3. The number of hydrogen-bond donors (Lipinski definition) is 4.